The van der Waals surface area contributed by atoms with E-state index in [1.807, 2.05) is 0 Å². The number of benzene rings is 2. The van der Waals surface area contributed by atoms with Crippen LogP contribution < -0.4 is 15.4 Å². The molecule has 0 fully saturated rings. The van der Waals surface area contributed by atoms with Gasteiger partial charge in [0.05, 0.1) is 0 Å². The van der Waals surface area contributed by atoms with Crippen LogP contribution in [-0.4, -0.2) is 19.6 Å². The second-order valence-corrected chi connectivity index (χ2v) is 4.29. The van der Waals surface area contributed by atoms with Gasteiger partial charge in [0.1, 0.15) is 11.6 Å². The normalized spacial score (nSPS) is 10.1. The molecule has 0 aliphatic heterocycles. The van der Waals surface area contributed by atoms with Crippen molar-refractivity contribution >= 4 is 17.3 Å². The van der Waals surface area contributed by atoms with Crippen molar-refractivity contribution in [3.05, 3.63) is 54.3 Å². The molecular formula is C15H15FN2O2. The molecule has 0 saturated carbocycles. The maximum Gasteiger partial charge on any atom is 0.264 e. The summed E-state index contributed by atoms with van der Waals surface area (Å²) in [7, 11) is 1.61. The molecule has 1 amide bonds. The molecule has 104 valence electrons. The minimum Gasteiger partial charge on any atom is -0.484 e. The first-order valence-electron chi connectivity index (χ1n) is 6.07. The summed E-state index contributed by atoms with van der Waals surface area (Å²) in [6.45, 7) is -0.114. The first-order valence-corrected chi connectivity index (χ1v) is 6.07. The number of halogens is 1. The van der Waals surface area contributed by atoms with Gasteiger partial charge in [-0.1, -0.05) is 6.07 Å². The fourth-order valence-electron chi connectivity index (χ4n) is 1.65. The van der Waals surface area contributed by atoms with Gasteiger partial charge in [0.2, 0.25) is 0 Å². The maximum absolute atomic E-state index is 12.8. The average Bonchev–Trinajstić information content (AvgIpc) is 2.45. The zero-order chi connectivity index (χ0) is 14.5. The van der Waals surface area contributed by atoms with Crippen LogP contribution >= 0.6 is 0 Å². The monoisotopic (exact) mass is 274 g/mol. The van der Waals surface area contributed by atoms with Crippen LogP contribution in [0.4, 0.5) is 15.8 Å². The number of nitrogens with two attached hydrogens (primary N) is 1. The molecule has 0 bridgehead atoms. The van der Waals surface area contributed by atoms with E-state index in [0.29, 0.717) is 17.1 Å². The van der Waals surface area contributed by atoms with E-state index in [1.54, 1.807) is 31.3 Å². The Bertz CT molecular complexity index is 599. The maximum atomic E-state index is 12.8. The highest BCUT2D eigenvalue weighted by atomic mass is 19.1. The number of nitrogens with zero attached hydrogens (tertiary/aromatic N) is 1. The van der Waals surface area contributed by atoms with Crippen molar-refractivity contribution in [2.24, 2.45) is 0 Å². The molecule has 0 spiro atoms. The van der Waals surface area contributed by atoms with E-state index in [1.165, 1.54) is 29.2 Å². The number of hydrogen-bond acceptors (Lipinski definition) is 3. The smallest absolute Gasteiger partial charge is 0.264 e. The quantitative estimate of drug-likeness (QED) is 0.871. The average molecular weight is 274 g/mol. The van der Waals surface area contributed by atoms with Crippen LogP contribution in [0.2, 0.25) is 0 Å². The molecule has 20 heavy (non-hydrogen) atoms. The molecule has 2 aromatic carbocycles. The first-order chi connectivity index (χ1) is 9.56. The lowest BCUT2D eigenvalue weighted by Crippen LogP contribution is -2.31. The van der Waals surface area contributed by atoms with Gasteiger partial charge in [0, 0.05) is 24.5 Å². The largest absolute Gasteiger partial charge is 0.484 e. The molecule has 0 saturated heterocycles. The second kappa shape index (κ2) is 6.06. The number of hydrogen-bond donors (Lipinski definition) is 1. The van der Waals surface area contributed by atoms with Crippen LogP contribution in [0, 0.1) is 5.82 Å². The Kier molecular flexibility index (Phi) is 4.20. The summed E-state index contributed by atoms with van der Waals surface area (Å²) >= 11 is 0. The third-order valence-corrected chi connectivity index (χ3v) is 2.81. The molecule has 0 aliphatic carbocycles. The van der Waals surface area contributed by atoms with Gasteiger partial charge in [0.15, 0.2) is 6.61 Å². The van der Waals surface area contributed by atoms with Gasteiger partial charge in [-0.25, -0.2) is 4.39 Å². The SMILES string of the molecule is CN(C(=O)COc1cccc(N)c1)c1ccc(F)cc1. The van der Waals surface area contributed by atoms with E-state index in [4.69, 9.17) is 10.5 Å². The van der Waals surface area contributed by atoms with Crippen molar-refractivity contribution in [2.45, 2.75) is 0 Å². The Morgan fingerprint density at radius 3 is 2.60 bits per heavy atom. The van der Waals surface area contributed by atoms with Crippen LogP contribution in [-0.2, 0) is 4.79 Å². The van der Waals surface area contributed by atoms with Crippen molar-refractivity contribution in [2.75, 3.05) is 24.3 Å². The molecule has 0 atom stereocenters. The summed E-state index contributed by atoms with van der Waals surface area (Å²) in [5.74, 6) is -0.0458. The molecule has 2 N–H and O–H groups in total. The summed E-state index contributed by atoms with van der Waals surface area (Å²) < 4.78 is 18.2. The van der Waals surface area contributed by atoms with Crippen LogP contribution in [0.3, 0.4) is 0 Å². The molecule has 0 aliphatic rings. The highest BCUT2D eigenvalue weighted by Gasteiger charge is 2.11. The molecule has 5 heteroatoms. The molecular weight excluding hydrogens is 259 g/mol. The fourth-order valence-corrected chi connectivity index (χ4v) is 1.65. The van der Waals surface area contributed by atoms with E-state index >= 15 is 0 Å². The van der Waals surface area contributed by atoms with E-state index in [9.17, 15) is 9.18 Å². The van der Waals surface area contributed by atoms with E-state index in [-0.39, 0.29) is 18.3 Å². The predicted octanol–water partition coefficient (Wildman–Crippen LogP) is 2.45. The van der Waals surface area contributed by atoms with Gasteiger partial charge in [-0.05, 0) is 36.4 Å². The van der Waals surface area contributed by atoms with E-state index in [2.05, 4.69) is 0 Å². The van der Waals surface area contributed by atoms with Crippen LogP contribution in [0.5, 0.6) is 5.75 Å². The number of anilines is 2. The van der Waals surface area contributed by atoms with Crippen LogP contribution in [0.15, 0.2) is 48.5 Å². The zero-order valence-electron chi connectivity index (χ0n) is 11.0. The van der Waals surface area contributed by atoms with Crippen LogP contribution in [0.1, 0.15) is 0 Å². The second-order valence-electron chi connectivity index (χ2n) is 4.29. The minimum absolute atomic E-state index is 0.114. The van der Waals surface area contributed by atoms with Crippen molar-refractivity contribution in [3.8, 4) is 5.75 Å². The number of nitrogen functional groups attached to an aromatic ring is 1. The zero-order valence-corrected chi connectivity index (χ0v) is 11.0. The number of carbonyl (C=O) groups excluding carboxylic acids is 1. The van der Waals surface area contributed by atoms with Crippen molar-refractivity contribution in [1.29, 1.82) is 0 Å². The highest BCUT2D eigenvalue weighted by Crippen LogP contribution is 2.16. The number of ether oxygens (including phenoxy) is 1. The van der Waals surface area contributed by atoms with Gasteiger partial charge in [-0.3, -0.25) is 4.79 Å². The summed E-state index contributed by atoms with van der Waals surface area (Å²) in [6, 6.07) is 12.5. The molecule has 0 aromatic heterocycles. The van der Waals surface area contributed by atoms with Gasteiger partial charge in [-0.15, -0.1) is 0 Å². The molecule has 0 radical (unpaired) electrons. The summed E-state index contributed by atoms with van der Waals surface area (Å²) in [4.78, 5) is 13.4. The van der Waals surface area contributed by atoms with Gasteiger partial charge >= 0.3 is 0 Å². The van der Waals surface area contributed by atoms with Crippen molar-refractivity contribution in [1.82, 2.24) is 0 Å². The molecule has 2 rings (SSSR count). The molecule has 4 nitrogen and oxygen atoms in total. The summed E-state index contributed by atoms with van der Waals surface area (Å²) in [5.41, 5.74) is 6.79. The van der Waals surface area contributed by atoms with Crippen LogP contribution in [0.25, 0.3) is 0 Å². The van der Waals surface area contributed by atoms with E-state index < -0.39 is 0 Å². The third kappa shape index (κ3) is 3.47. The molecule has 0 unspecified atom stereocenters. The van der Waals surface area contributed by atoms with Crippen molar-refractivity contribution < 1.29 is 13.9 Å². The number of carbonyl (C=O) groups is 1. The Balaban J connectivity index is 1.96. The van der Waals surface area contributed by atoms with Gasteiger partial charge < -0.3 is 15.4 Å². The standard InChI is InChI=1S/C15H15FN2O2/c1-18(13-7-5-11(16)6-8-13)15(19)10-20-14-4-2-3-12(17)9-14/h2-9H,10,17H2,1H3. The van der Waals surface area contributed by atoms with Gasteiger partial charge in [-0.2, -0.15) is 0 Å². The third-order valence-electron chi connectivity index (χ3n) is 2.81. The van der Waals surface area contributed by atoms with E-state index in [0.717, 1.165) is 0 Å². The predicted molar refractivity (Wildman–Crippen MR) is 76.2 cm³/mol. The lowest BCUT2D eigenvalue weighted by atomic mass is 10.3. The number of likely N-dealkylation sites (N-methyl/N-ethyl adjacent to an activating group) is 1. The lowest BCUT2D eigenvalue weighted by molar-refractivity contribution is -0.120. The summed E-state index contributed by atoms with van der Waals surface area (Å²) in [5, 5.41) is 0. The highest BCUT2D eigenvalue weighted by molar-refractivity contribution is 5.93. The van der Waals surface area contributed by atoms with Crippen molar-refractivity contribution in [3.63, 3.8) is 0 Å². The lowest BCUT2D eigenvalue weighted by Gasteiger charge is -2.17. The summed E-state index contributed by atoms with van der Waals surface area (Å²) in [6.07, 6.45) is 0. The Morgan fingerprint density at radius 2 is 1.95 bits per heavy atom. The molecule has 2 aromatic rings. The Hall–Kier alpha value is -2.56. The molecule has 0 heterocycles. The first kappa shape index (κ1) is 13.9. The number of rotatable bonds is 4. The Morgan fingerprint density at radius 1 is 1.25 bits per heavy atom. The fraction of sp³-hybridized carbons (Fsp3) is 0.133. The topological polar surface area (TPSA) is 55.6 Å². The minimum atomic E-state index is -0.342. The Labute approximate surface area is 116 Å². The number of amides is 1. The van der Waals surface area contributed by atoms with Gasteiger partial charge in [0.25, 0.3) is 5.91 Å².